The van der Waals surface area contributed by atoms with E-state index in [-0.39, 0.29) is 26.2 Å². The second kappa shape index (κ2) is 3.97. The Morgan fingerprint density at radius 1 is 1.07 bits per heavy atom. The maximum Gasteiger partial charge on any atom is 0.511 e. The molecule has 0 radical (unpaired) electrons. The van der Waals surface area contributed by atoms with Crippen LogP contribution in [0.1, 0.15) is 0 Å². The van der Waals surface area contributed by atoms with Crippen molar-refractivity contribution in [3.8, 4) is 0 Å². The number of alkyl halides is 3. The maximum absolute atomic E-state index is 12.1. The van der Waals surface area contributed by atoms with Crippen molar-refractivity contribution in [1.82, 2.24) is 9.21 Å². The van der Waals surface area contributed by atoms with Crippen molar-refractivity contribution in [2.24, 2.45) is 0 Å². The minimum atomic E-state index is -5.27. The van der Waals surface area contributed by atoms with Gasteiger partial charge in [-0.1, -0.05) is 0 Å². The standard InChI is InChI=1S/C6H9F3N2O3S/c7-6(8,9)15(13,14)11-3-1-10(5-12)2-4-11/h5H,1-4H2. The number of halogens is 3. The minimum absolute atomic E-state index is 0.0151. The summed E-state index contributed by atoms with van der Waals surface area (Å²) in [4.78, 5) is 11.5. The van der Waals surface area contributed by atoms with Gasteiger partial charge in [0.2, 0.25) is 6.41 Å². The van der Waals surface area contributed by atoms with Gasteiger partial charge >= 0.3 is 15.5 Å². The number of rotatable bonds is 2. The topological polar surface area (TPSA) is 57.7 Å². The van der Waals surface area contributed by atoms with E-state index < -0.39 is 15.5 Å². The molecule has 0 saturated carbocycles. The Labute approximate surface area is 84.5 Å². The molecule has 1 fully saturated rings. The van der Waals surface area contributed by atoms with Crippen LogP contribution in [0.5, 0.6) is 0 Å². The Morgan fingerprint density at radius 2 is 1.53 bits per heavy atom. The Hall–Kier alpha value is -0.830. The van der Waals surface area contributed by atoms with Crippen molar-refractivity contribution in [2.75, 3.05) is 26.2 Å². The summed E-state index contributed by atoms with van der Waals surface area (Å²) in [6, 6.07) is 0. The van der Waals surface area contributed by atoms with Crippen LogP contribution in [0.2, 0.25) is 0 Å². The van der Waals surface area contributed by atoms with E-state index in [4.69, 9.17) is 0 Å². The van der Waals surface area contributed by atoms with Gasteiger partial charge < -0.3 is 4.90 Å². The van der Waals surface area contributed by atoms with Crippen LogP contribution in [-0.2, 0) is 14.8 Å². The molecule has 0 unspecified atom stereocenters. The number of nitrogens with zero attached hydrogens (tertiary/aromatic N) is 2. The number of carbonyl (C=O) groups is 1. The lowest BCUT2D eigenvalue weighted by Crippen LogP contribution is -2.51. The zero-order valence-electron chi connectivity index (χ0n) is 7.57. The van der Waals surface area contributed by atoms with Crippen molar-refractivity contribution < 1.29 is 26.4 Å². The fraction of sp³-hybridized carbons (Fsp3) is 0.833. The predicted molar refractivity (Wildman–Crippen MR) is 44.2 cm³/mol. The van der Waals surface area contributed by atoms with Gasteiger partial charge in [0.15, 0.2) is 0 Å². The first-order valence-electron chi connectivity index (χ1n) is 4.05. The van der Waals surface area contributed by atoms with Crippen LogP contribution >= 0.6 is 0 Å². The third kappa shape index (κ3) is 2.40. The molecule has 9 heteroatoms. The summed E-state index contributed by atoms with van der Waals surface area (Å²) in [6.07, 6.45) is 0.484. The maximum atomic E-state index is 12.1. The highest BCUT2D eigenvalue weighted by Gasteiger charge is 2.50. The molecule has 1 rings (SSSR count). The smallest absolute Gasteiger partial charge is 0.343 e. The molecule has 0 aromatic rings. The molecule has 0 aliphatic carbocycles. The number of amides is 1. The molecule has 0 N–H and O–H groups in total. The molecule has 5 nitrogen and oxygen atoms in total. The molecule has 1 aliphatic heterocycles. The van der Waals surface area contributed by atoms with Crippen molar-refractivity contribution >= 4 is 16.4 Å². The summed E-state index contributed by atoms with van der Waals surface area (Å²) in [5, 5.41) is 0. The quantitative estimate of drug-likeness (QED) is 0.623. The summed E-state index contributed by atoms with van der Waals surface area (Å²) in [7, 11) is -5.24. The highest BCUT2D eigenvalue weighted by Crippen LogP contribution is 2.27. The number of hydrogen-bond donors (Lipinski definition) is 0. The zero-order chi connectivity index (χ0) is 11.7. The van der Waals surface area contributed by atoms with Gasteiger partial charge in [0.25, 0.3) is 0 Å². The summed E-state index contributed by atoms with van der Waals surface area (Å²) < 4.78 is 58.4. The van der Waals surface area contributed by atoms with Crippen LogP contribution in [0.25, 0.3) is 0 Å². The lowest BCUT2D eigenvalue weighted by Gasteiger charge is -2.31. The van der Waals surface area contributed by atoms with Crippen LogP contribution in [0.4, 0.5) is 13.2 Å². The molecule has 1 amide bonds. The van der Waals surface area contributed by atoms with Gasteiger partial charge in [-0.2, -0.15) is 17.5 Å². The largest absolute Gasteiger partial charge is 0.511 e. The van der Waals surface area contributed by atoms with Gasteiger partial charge in [0.1, 0.15) is 0 Å². The van der Waals surface area contributed by atoms with Gasteiger partial charge in [0, 0.05) is 26.2 Å². The first-order valence-corrected chi connectivity index (χ1v) is 5.49. The average Bonchev–Trinajstić information content (AvgIpc) is 2.16. The van der Waals surface area contributed by atoms with Crippen molar-refractivity contribution in [2.45, 2.75) is 5.51 Å². The van der Waals surface area contributed by atoms with Gasteiger partial charge in [-0.3, -0.25) is 4.79 Å². The van der Waals surface area contributed by atoms with E-state index in [1.54, 1.807) is 0 Å². The van der Waals surface area contributed by atoms with Crippen LogP contribution in [0.3, 0.4) is 0 Å². The van der Waals surface area contributed by atoms with Gasteiger partial charge in [0.05, 0.1) is 0 Å². The lowest BCUT2D eigenvalue weighted by molar-refractivity contribution is -0.119. The van der Waals surface area contributed by atoms with E-state index in [9.17, 15) is 26.4 Å². The van der Waals surface area contributed by atoms with Crippen molar-refractivity contribution in [1.29, 1.82) is 0 Å². The molecule has 88 valence electrons. The van der Waals surface area contributed by atoms with Crippen LogP contribution in [-0.4, -0.2) is 55.7 Å². The number of carbonyl (C=O) groups excluding carboxylic acids is 1. The SMILES string of the molecule is O=CN1CCN(S(=O)(=O)C(F)(F)F)CC1. The van der Waals surface area contributed by atoms with Crippen molar-refractivity contribution in [3.05, 3.63) is 0 Å². The van der Waals surface area contributed by atoms with Gasteiger partial charge in [-0.25, -0.2) is 8.42 Å². The molecule has 15 heavy (non-hydrogen) atoms. The van der Waals surface area contributed by atoms with E-state index in [2.05, 4.69) is 0 Å². The highest BCUT2D eigenvalue weighted by molar-refractivity contribution is 7.90. The highest BCUT2D eigenvalue weighted by atomic mass is 32.2. The fourth-order valence-corrected chi connectivity index (χ4v) is 2.13. The summed E-state index contributed by atoms with van der Waals surface area (Å²) in [5.74, 6) is 0. The molecule has 0 bridgehead atoms. The average molecular weight is 246 g/mol. The third-order valence-corrected chi connectivity index (χ3v) is 3.68. The third-order valence-electron chi connectivity index (χ3n) is 2.05. The number of sulfonamides is 1. The number of hydrogen-bond acceptors (Lipinski definition) is 3. The second-order valence-corrected chi connectivity index (χ2v) is 4.92. The molecule has 0 aromatic carbocycles. The van der Waals surface area contributed by atoms with E-state index in [1.807, 2.05) is 0 Å². The van der Waals surface area contributed by atoms with E-state index in [0.717, 1.165) is 0 Å². The molecule has 0 aromatic heterocycles. The second-order valence-electron chi connectivity index (χ2n) is 2.99. The minimum Gasteiger partial charge on any atom is -0.343 e. The first kappa shape index (κ1) is 12.2. The van der Waals surface area contributed by atoms with Crippen molar-refractivity contribution in [3.63, 3.8) is 0 Å². The molecule has 1 saturated heterocycles. The first-order chi connectivity index (χ1) is 6.79. The Balaban J connectivity index is 2.73. The Bertz CT molecular complexity index is 332. The zero-order valence-corrected chi connectivity index (χ0v) is 8.38. The molecular formula is C6H9F3N2O3S. The molecular weight excluding hydrogens is 237 g/mol. The molecule has 1 aliphatic rings. The predicted octanol–water partition coefficient (Wildman–Crippen LogP) is -0.390. The van der Waals surface area contributed by atoms with Crippen LogP contribution < -0.4 is 0 Å². The van der Waals surface area contributed by atoms with Gasteiger partial charge in [-0.15, -0.1) is 0 Å². The normalized spacial score (nSPS) is 20.3. The Morgan fingerprint density at radius 3 is 1.87 bits per heavy atom. The van der Waals surface area contributed by atoms with Crippen LogP contribution in [0.15, 0.2) is 0 Å². The number of piperazine rings is 1. The van der Waals surface area contributed by atoms with E-state index >= 15 is 0 Å². The fourth-order valence-electron chi connectivity index (χ4n) is 1.20. The lowest BCUT2D eigenvalue weighted by atomic mass is 10.4. The van der Waals surface area contributed by atoms with Gasteiger partial charge in [-0.05, 0) is 0 Å². The van der Waals surface area contributed by atoms with E-state index in [0.29, 0.717) is 10.7 Å². The Kier molecular flexibility index (Phi) is 3.24. The molecule has 0 atom stereocenters. The summed E-state index contributed by atoms with van der Waals surface area (Å²) in [5.41, 5.74) is -5.27. The van der Waals surface area contributed by atoms with Crippen LogP contribution in [0, 0.1) is 0 Å². The summed E-state index contributed by atoms with van der Waals surface area (Å²) >= 11 is 0. The summed E-state index contributed by atoms with van der Waals surface area (Å²) in [6.45, 7) is -0.668. The molecule has 0 spiro atoms. The molecule has 1 heterocycles. The monoisotopic (exact) mass is 246 g/mol. The van der Waals surface area contributed by atoms with E-state index in [1.165, 1.54) is 4.90 Å².